The topological polar surface area (TPSA) is 78.2 Å². The lowest BCUT2D eigenvalue weighted by Gasteiger charge is -2.08. The third kappa shape index (κ3) is 3.17. The number of hydrogen-bond donors (Lipinski definition) is 0. The van der Waals surface area contributed by atoms with Crippen molar-refractivity contribution in [2.75, 3.05) is 6.26 Å². The van der Waals surface area contributed by atoms with Gasteiger partial charge in [0, 0.05) is 12.1 Å². The fraction of sp³-hybridized carbons (Fsp3) is 0.167. The van der Waals surface area contributed by atoms with Crippen molar-refractivity contribution in [3.63, 3.8) is 0 Å². The van der Waals surface area contributed by atoms with E-state index in [9.17, 15) is 10.1 Å². The number of nitrogens with zero attached hydrogens (tertiary/aromatic N) is 3. The predicted octanol–water partition coefficient (Wildman–Crippen LogP) is 3.86. The van der Waals surface area contributed by atoms with Gasteiger partial charge < -0.3 is 4.74 Å². The summed E-state index contributed by atoms with van der Waals surface area (Å²) in [6.45, 7) is 1.62. The van der Waals surface area contributed by atoms with Gasteiger partial charge in [-0.2, -0.15) is 4.98 Å². The first-order valence-corrected chi connectivity index (χ1v) is 7.12. The van der Waals surface area contributed by atoms with E-state index in [4.69, 9.17) is 16.3 Å². The van der Waals surface area contributed by atoms with Gasteiger partial charge in [0.25, 0.3) is 5.69 Å². The minimum Gasteiger partial charge on any atom is -0.438 e. The van der Waals surface area contributed by atoms with Crippen LogP contribution in [0.25, 0.3) is 0 Å². The Labute approximate surface area is 124 Å². The maximum absolute atomic E-state index is 10.9. The summed E-state index contributed by atoms with van der Waals surface area (Å²) in [7, 11) is 0. The molecule has 0 aliphatic heterocycles. The van der Waals surface area contributed by atoms with Crippen LogP contribution in [-0.2, 0) is 0 Å². The highest BCUT2D eigenvalue weighted by atomic mass is 35.5. The van der Waals surface area contributed by atoms with Crippen LogP contribution in [0.3, 0.4) is 0 Å². The van der Waals surface area contributed by atoms with Crippen LogP contribution in [-0.4, -0.2) is 21.1 Å². The number of nitro benzene ring substituents is 1. The highest BCUT2D eigenvalue weighted by molar-refractivity contribution is 7.98. The average Bonchev–Trinajstić information content (AvgIpc) is 2.40. The van der Waals surface area contributed by atoms with Crippen molar-refractivity contribution in [1.29, 1.82) is 0 Å². The number of halogens is 1. The first kappa shape index (κ1) is 14.5. The molecular formula is C12H10ClN3O3S. The Morgan fingerprint density at radius 1 is 1.40 bits per heavy atom. The molecule has 0 N–H and O–H groups in total. The number of rotatable bonds is 4. The van der Waals surface area contributed by atoms with Crippen LogP contribution >= 0.6 is 23.4 Å². The Bertz CT molecular complexity index is 666. The van der Waals surface area contributed by atoms with Crippen molar-refractivity contribution < 1.29 is 9.66 Å². The molecule has 1 aromatic heterocycles. The van der Waals surface area contributed by atoms with Crippen LogP contribution in [0, 0.1) is 17.0 Å². The molecule has 0 aliphatic carbocycles. The molecule has 1 aromatic carbocycles. The van der Waals surface area contributed by atoms with Crippen LogP contribution in [0.15, 0.2) is 29.4 Å². The molecule has 6 nitrogen and oxygen atoms in total. The minimum absolute atomic E-state index is 0.00672. The highest BCUT2D eigenvalue weighted by Gasteiger charge is 2.15. The van der Waals surface area contributed by atoms with Gasteiger partial charge in [-0.3, -0.25) is 10.1 Å². The number of aromatic nitrogens is 2. The molecule has 0 saturated carbocycles. The van der Waals surface area contributed by atoms with Crippen LogP contribution in [0.2, 0.25) is 5.15 Å². The maximum Gasteiger partial charge on any atom is 0.276 e. The number of thioether (sulfide) groups is 1. The van der Waals surface area contributed by atoms with E-state index in [0.29, 0.717) is 16.5 Å². The summed E-state index contributed by atoms with van der Waals surface area (Å²) in [6.07, 6.45) is 1.81. The Balaban J connectivity index is 2.37. The molecule has 8 heteroatoms. The van der Waals surface area contributed by atoms with Crippen molar-refractivity contribution in [2.24, 2.45) is 0 Å². The number of ether oxygens (including phenoxy) is 1. The van der Waals surface area contributed by atoms with Crippen molar-refractivity contribution in [1.82, 2.24) is 9.97 Å². The van der Waals surface area contributed by atoms with E-state index in [2.05, 4.69) is 9.97 Å². The SMILES string of the molecule is CSc1nc(Cl)cc(Oc2cccc([N+](=O)[O-])c2C)n1. The molecule has 0 unspecified atom stereocenters. The zero-order valence-corrected chi connectivity index (χ0v) is 12.2. The van der Waals surface area contributed by atoms with Crippen LogP contribution < -0.4 is 4.74 Å². The second kappa shape index (κ2) is 6.06. The summed E-state index contributed by atoms with van der Waals surface area (Å²) in [5.41, 5.74) is 0.422. The van der Waals surface area contributed by atoms with Gasteiger partial charge in [-0.25, -0.2) is 4.98 Å². The van der Waals surface area contributed by atoms with Gasteiger partial charge in [-0.15, -0.1) is 0 Å². The Morgan fingerprint density at radius 3 is 2.80 bits per heavy atom. The second-order valence-electron chi connectivity index (χ2n) is 3.78. The monoisotopic (exact) mass is 311 g/mol. The first-order valence-electron chi connectivity index (χ1n) is 5.51. The van der Waals surface area contributed by atoms with Crippen LogP contribution in [0.5, 0.6) is 11.6 Å². The number of nitro groups is 1. The van der Waals surface area contributed by atoms with Gasteiger partial charge >= 0.3 is 0 Å². The lowest BCUT2D eigenvalue weighted by Crippen LogP contribution is -1.97. The van der Waals surface area contributed by atoms with Crippen LogP contribution in [0.4, 0.5) is 5.69 Å². The fourth-order valence-corrected chi connectivity index (χ4v) is 2.14. The predicted molar refractivity (Wildman–Crippen MR) is 76.7 cm³/mol. The molecule has 2 aromatic rings. The minimum atomic E-state index is -0.456. The van der Waals surface area contributed by atoms with Gasteiger partial charge in [-0.1, -0.05) is 29.4 Å². The summed E-state index contributed by atoms with van der Waals surface area (Å²) in [6, 6.07) is 6.07. The summed E-state index contributed by atoms with van der Waals surface area (Å²) in [5.74, 6) is 0.610. The van der Waals surface area contributed by atoms with E-state index in [-0.39, 0.29) is 16.7 Å². The summed E-state index contributed by atoms with van der Waals surface area (Å²) < 4.78 is 5.57. The summed E-state index contributed by atoms with van der Waals surface area (Å²) in [4.78, 5) is 18.6. The quantitative estimate of drug-likeness (QED) is 0.280. The first-order chi connectivity index (χ1) is 9.51. The van der Waals surface area contributed by atoms with E-state index in [0.717, 1.165) is 0 Å². The molecule has 0 radical (unpaired) electrons. The summed E-state index contributed by atoms with van der Waals surface area (Å²) in [5, 5.41) is 11.6. The molecule has 2 rings (SSSR count). The Hall–Kier alpha value is -1.86. The van der Waals surface area contributed by atoms with E-state index < -0.39 is 4.92 Å². The van der Waals surface area contributed by atoms with Crippen LogP contribution in [0.1, 0.15) is 5.56 Å². The molecule has 0 spiro atoms. The normalized spacial score (nSPS) is 10.3. The molecule has 104 valence electrons. The van der Waals surface area contributed by atoms with E-state index >= 15 is 0 Å². The fourth-order valence-electron chi connectivity index (χ4n) is 1.54. The number of hydrogen-bond acceptors (Lipinski definition) is 6. The Morgan fingerprint density at radius 2 is 2.15 bits per heavy atom. The Kier molecular flexibility index (Phi) is 4.41. The van der Waals surface area contributed by atoms with Crippen molar-refractivity contribution in [3.8, 4) is 11.6 Å². The molecule has 0 fully saturated rings. The molecule has 0 aliphatic rings. The summed E-state index contributed by atoms with van der Waals surface area (Å²) >= 11 is 7.19. The van der Waals surface area contributed by atoms with Gasteiger partial charge in [0.1, 0.15) is 10.9 Å². The lowest BCUT2D eigenvalue weighted by molar-refractivity contribution is -0.385. The molecule has 0 atom stereocenters. The number of benzene rings is 1. The zero-order chi connectivity index (χ0) is 14.7. The maximum atomic E-state index is 10.9. The lowest BCUT2D eigenvalue weighted by atomic mass is 10.2. The smallest absolute Gasteiger partial charge is 0.276 e. The molecule has 0 amide bonds. The van der Waals surface area contributed by atoms with Gasteiger partial charge in [0.05, 0.1) is 10.5 Å². The van der Waals surface area contributed by atoms with Gasteiger partial charge in [0.2, 0.25) is 5.88 Å². The second-order valence-corrected chi connectivity index (χ2v) is 4.94. The van der Waals surface area contributed by atoms with Crippen molar-refractivity contribution in [3.05, 3.63) is 45.1 Å². The van der Waals surface area contributed by atoms with Crippen molar-refractivity contribution in [2.45, 2.75) is 12.1 Å². The zero-order valence-electron chi connectivity index (χ0n) is 10.7. The van der Waals surface area contributed by atoms with Crippen molar-refractivity contribution >= 4 is 29.1 Å². The standard InChI is InChI=1S/C12H10ClN3O3S/c1-7-8(16(17)18)4-3-5-9(7)19-11-6-10(13)14-12(15-11)20-2/h3-6H,1-2H3. The average molecular weight is 312 g/mol. The van der Waals surface area contributed by atoms with Gasteiger partial charge in [0.15, 0.2) is 5.16 Å². The third-order valence-electron chi connectivity index (χ3n) is 2.50. The molecule has 1 heterocycles. The molecular weight excluding hydrogens is 302 g/mol. The third-order valence-corrected chi connectivity index (χ3v) is 3.24. The van der Waals surface area contributed by atoms with E-state index in [1.165, 1.54) is 23.9 Å². The molecule has 0 saturated heterocycles. The largest absolute Gasteiger partial charge is 0.438 e. The highest BCUT2D eigenvalue weighted by Crippen LogP contribution is 2.31. The van der Waals surface area contributed by atoms with Gasteiger partial charge in [-0.05, 0) is 19.2 Å². The van der Waals surface area contributed by atoms with E-state index in [1.807, 2.05) is 6.26 Å². The molecule has 0 bridgehead atoms. The molecule has 20 heavy (non-hydrogen) atoms. The van der Waals surface area contributed by atoms with E-state index in [1.54, 1.807) is 19.1 Å².